The predicted molar refractivity (Wildman–Crippen MR) is 76.9 cm³/mol. The van der Waals surface area contributed by atoms with Gasteiger partial charge in [0.15, 0.2) is 0 Å². The summed E-state index contributed by atoms with van der Waals surface area (Å²) < 4.78 is 0.943. The summed E-state index contributed by atoms with van der Waals surface area (Å²) in [5.41, 5.74) is 1.63. The Balaban J connectivity index is 2.20. The fourth-order valence-corrected chi connectivity index (χ4v) is 4.81. The third kappa shape index (κ3) is 2.49. The molecule has 16 heavy (non-hydrogen) atoms. The summed E-state index contributed by atoms with van der Waals surface area (Å²) in [6, 6.07) is 2.24. The van der Waals surface area contributed by atoms with Gasteiger partial charge in [0.05, 0.1) is 9.16 Å². The molecular weight excluding hydrogens is 304 g/mol. The Kier molecular flexibility index (Phi) is 4.03. The number of aryl methyl sites for hydroxylation is 1. The van der Waals surface area contributed by atoms with Gasteiger partial charge in [-0.05, 0) is 36.8 Å². The molecule has 90 valence electrons. The van der Waals surface area contributed by atoms with E-state index in [-0.39, 0.29) is 0 Å². The van der Waals surface area contributed by atoms with Gasteiger partial charge in [0.1, 0.15) is 0 Å². The van der Waals surface area contributed by atoms with Gasteiger partial charge in [-0.3, -0.25) is 0 Å². The highest BCUT2D eigenvalue weighted by molar-refractivity contribution is 9.09. The average Bonchev–Trinajstić information content (AvgIpc) is 2.59. The number of alkyl halides is 1. The Morgan fingerprint density at radius 3 is 2.50 bits per heavy atom. The number of hydrogen-bond donors (Lipinski definition) is 0. The van der Waals surface area contributed by atoms with Crippen LogP contribution in [0.5, 0.6) is 0 Å². The molecule has 1 aromatic rings. The Morgan fingerprint density at radius 1 is 1.38 bits per heavy atom. The molecule has 0 aliphatic heterocycles. The lowest BCUT2D eigenvalue weighted by Gasteiger charge is -2.37. The lowest BCUT2D eigenvalue weighted by atomic mass is 9.73. The molecule has 0 amide bonds. The molecule has 1 aliphatic rings. The van der Waals surface area contributed by atoms with Crippen molar-refractivity contribution in [1.82, 2.24) is 0 Å². The normalized spacial score (nSPS) is 22.0. The summed E-state index contributed by atoms with van der Waals surface area (Å²) in [6.45, 7) is 4.50. The van der Waals surface area contributed by atoms with E-state index in [9.17, 15) is 0 Å². The second-order valence-electron chi connectivity index (χ2n) is 5.18. The van der Waals surface area contributed by atoms with Crippen molar-refractivity contribution in [3.05, 3.63) is 20.8 Å². The lowest BCUT2D eigenvalue weighted by Crippen LogP contribution is -2.24. The van der Waals surface area contributed by atoms with Crippen molar-refractivity contribution in [1.29, 1.82) is 0 Å². The van der Waals surface area contributed by atoms with Gasteiger partial charge in [0.2, 0.25) is 0 Å². The Morgan fingerprint density at radius 2 is 2.00 bits per heavy atom. The van der Waals surface area contributed by atoms with Crippen LogP contribution in [0.4, 0.5) is 0 Å². The zero-order valence-electron chi connectivity index (χ0n) is 9.85. The van der Waals surface area contributed by atoms with Crippen molar-refractivity contribution >= 4 is 38.9 Å². The second-order valence-corrected chi connectivity index (χ2v) is 7.78. The van der Waals surface area contributed by atoms with E-state index in [1.807, 2.05) is 0 Å². The molecule has 1 aromatic heterocycles. The van der Waals surface area contributed by atoms with Crippen LogP contribution in [-0.2, 0) is 0 Å². The summed E-state index contributed by atoms with van der Waals surface area (Å²) in [6.07, 6.45) is 6.81. The Hall–Kier alpha value is 0.470. The number of thiophene rings is 1. The third-order valence-electron chi connectivity index (χ3n) is 3.73. The molecule has 1 aliphatic carbocycles. The van der Waals surface area contributed by atoms with Crippen LogP contribution in [0.25, 0.3) is 0 Å². The van der Waals surface area contributed by atoms with Gasteiger partial charge >= 0.3 is 0 Å². The second kappa shape index (κ2) is 4.99. The van der Waals surface area contributed by atoms with Gasteiger partial charge in [-0.2, -0.15) is 0 Å². The van der Waals surface area contributed by atoms with Crippen molar-refractivity contribution in [3.8, 4) is 0 Å². The molecule has 0 nitrogen and oxygen atoms in total. The van der Waals surface area contributed by atoms with Crippen LogP contribution in [0.1, 0.15) is 54.3 Å². The van der Waals surface area contributed by atoms with E-state index in [2.05, 4.69) is 35.8 Å². The van der Waals surface area contributed by atoms with Crippen molar-refractivity contribution in [2.24, 2.45) is 5.41 Å². The molecule has 0 saturated heterocycles. The quantitative estimate of drug-likeness (QED) is 0.576. The molecule has 0 N–H and O–H groups in total. The van der Waals surface area contributed by atoms with Crippen molar-refractivity contribution in [3.63, 3.8) is 0 Å². The molecule has 2 rings (SSSR count). The van der Waals surface area contributed by atoms with Gasteiger partial charge in [0.25, 0.3) is 0 Å². The average molecular weight is 322 g/mol. The van der Waals surface area contributed by atoms with E-state index in [1.165, 1.54) is 42.5 Å². The first-order valence-corrected chi connectivity index (χ1v) is 8.04. The summed E-state index contributed by atoms with van der Waals surface area (Å²) >= 11 is 11.8. The monoisotopic (exact) mass is 320 g/mol. The molecule has 3 heteroatoms. The Bertz CT molecular complexity index is 347. The highest BCUT2D eigenvalue weighted by Gasteiger charge is 2.35. The molecule has 0 radical (unpaired) electrons. The molecule has 1 heterocycles. The van der Waals surface area contributed by atoms with E-state index >= 15 is 0 Å². The van der Waals surface area contributed by atoms with Gasteiger partial charge in [-0.15, -0.1) is 11.3 Å². The maximum absolute atomic E-state index is 6.16. The first-order valence-electron chi connectivity index (χ1n) is 5.93. The van der Waals surface area contributed by atoms with Crippen LogP contribution in [0.2, 0.25) is 4.34 Å². The SMILES string of the molecule is Cc1cc(C(Br)C2(C)CCCCC2)sc1Cl. The van der Waals surface area contributed by atoms with E-state index in [1.54, 1.807) is 11.3 Å². The fraction of sp³-hybridized carbons (Fsp3) is 0.692. The molecule has 0 spiro atoms. The van der Waals surface area contributed by atoms with Crippen LogP contribution in [-0.4, -0.2) is 0 Å². The topological polar surface area (TPSA) is 0 Å². The van der Waals surface area contributed by atoms with E-state index in [0.717, 1.165) is 4.34 Å². The van der Waals surface area contributed by atoms with Crippen molar-refractivity contribution in [2.75, 3.05) is 0 Å². The van der Waals surface area contributed by atoms with E-state index < -0.39 is 0 Å². The number of rotatable bonds is 2. The largest absolute Gasteiger partial charge is 0.127 e. The minimum Gasteiger partial charge on any atom is -0.127 e. The minimum atomic E-state index is 0.416. The lowest BCUT2D eigenvalue weighted by molar-refractivity contribution is 0.214. The first-order chi connectivity index (χ1) is 7.53. The maximum Gasteiger partial charge on any atom is 0.0960 e. The molecule has 1 unspecified atom stereocenters. The highest BCUT2D eigenvalue weighted by atomic mass is 79.9. The summed E-state index contributed by atoms with van der Waals surface area (Å²) in [7, 11) is 0. The standard InChI is InChI=1S/C13H18BrClS/c1-9-8-10(16-12(9)15)11(14)13(2)6-4-3-5-7-13/h8,11H,3-7H2,1-2H3. The molecular formula is C13H18BrClS. The van der Waals surface area contributed by atoms with Gasteiger partial charge in [-0.25, -0.2) is 0 Å². The van der Waals surface area contributed by atoms with Crippen molar-refractivity contribution < 1.29 is 0 Å². The number of hydrogen-bond acceptors (Lipinski definition) is 1. The smallest absolute Gasteiger partial charge is 0.0960 e. The van der Waals surface area contributed by atoms with Crippen LogP contribution in [0.3, 0.4) is 0 Å². The predicted octanol–water partition coefficient (Wildman–Crippen LogP) is 6.12. The van der Waals surface area contributed by atoms with Gasteiger partial charge in [0, 0.05) is 4.88 Å². The highest BCUT2D eigenvalue weighted by Crippen LogP contribution is 2.52. The van der Waals surface area contributed by atoms with E-state index in [4.69, 9.17) is 11.6 Å². The molecule has 1 fully saturated rings. The van der Waals surface area contributed by atoms with Gasteiger partial charge in [-0.1, -0.05) is 53.7 Å². The summed E-state index contributed by atoms with van der Waals surface area (Å²) in [4.78, 5) is 1.86. The van der Waals surface area contributed by atoms with Crippen molar-refractivity contribution in [2.45, 2.75) is 50.8 Å². The first kappa shape index (κ1) is 12.9. The van der Waals surface area contributed by atoms with Crippen LogP contribution in [0.15, 0.2) is 6.07 Å². The zero-order chi connectivity index (χ0) is 11.8. The van der Waals surface area contributed by atoms with Crippen LogP contribution >= 0.6 is 38.9 Å². The Labute approximate surface area is 116 Å². The summed E-state index contributed by atoms with van der Waals surface area (Å²) in [5.74, 6) is 0. The molecule has 0 aromatic carbocycles. The molecule has 0 bridgehead atoms. The molecule has 1 atom stereocenters. The zero-order valence-corrected chi connectivity index (χ0v) is 13.0. The van der Waals surface area contributed by atoms with Crippen LogP contribution < -0.4 is 0 Å². The maximum atomic E-state index is 6.16. The van der Waals surface area contributed by atoms with Crippen LogP contribution in [0, 0.1) is 12.3 Å². The number of halogens is 2. The minimum absolute atomic E-state index is 0.416. The fourth-order valence-electron chi connectivity index (χ4n) is 2.56. The summed E-state index contributed by atoms with van der Waals surface area (Å²) in [5, 5.41) is 0. The van der Waals surface area contributed by atoms with Gasteiger partial charge < -0.3 is 0 Å². The molecule has 1 saturated carbocycles. The van der Waals surface area contributed by atoms with E-state index in [0.29, 0.717) is 10.2 Å². The third-order valence-corrected chi connectivity index (χ3v) is 7.26.